The largest absolute Gasteiger partial charge is 0.490 e. The number of para-hydroxylation sites is 1. The number of nitrogens with zero attached hydrogens (tertiary/aromatic N) is 3. The van der Waals surface area contributed by atoms with Crippen molar-refractivity contribution in [2.75, 3.05) is 20.1 Å². The van der Waals surface area contributed by atoms with Gasteiger partial charge in [0.15, 0.2) is 5.96 Å². The van der Waals surface area contributed by atoms with Gasteiger partial charge >= 0.3 is 0 Å². The van der Waals surface area contributed by atoms with Crippen LogP contribution < -0.4 is 10.1 Å². The summed E-state index contributed by atoms with van der Waals surface area (Å²) >= 11 is 1.73. The molecule has 1 aliphatic heterocycles. The molecule has 2 heterocycles. The van der Waals surface area contributed by atoms with Gasteiger partial charge in [-0.15, -0.1) is 11.3 Å². The van der Waals surface area contributed by atoms with Crippen LogP contribution in [0.3, 0.4) is 0 Å². The van der Waals surface area contributed by atoms with Crippen molar-refractivity contribution in [2.45, 2.75) is 51.7 Å². The van der Waals surface area contributed by atoms with Crippen LogP contribution in [0.15, 0.2) is 40.7 Å². The zero-order chi connectivity index (χ0) is 19.3. The van der Waals surface area contributed by atoms with Crippen LogP contribution in [0.4, 0.5) is 0 Å². The maximum absolute atomic E-state index is 6.09. The van der Waals surface area contributed by atoms with Crippen molar-refractivity contribution >= 4 is 17.3 Å². The van der Waals surface area contributed by atoms with Gasteiger partial charge in [0.2, 0.25) is 0 Å². The predicted octanol–water partition coefficient (Wildman–Crippen LogP) is 4.06. The molecule has 1 aliphatic rings. The topological polar surface area (TPSA) is 49.8 Å². The van der Waals surface area contributed by atoms with Crippen molar-refractivity contribution in [3.05, 3.63) is 46.4 Å². The van der Waals surface area contributed by atoms with Crippen LogP contribution in [0, 0.1) is 0 Å². The average molecular weight is 387 g/mol. The monoisotopic (exact) mass is 386 g/mol. The number of hydrogen-bond donors (Lipinski definition) is 1. The van der Waals surface area contributed by atoms with E-state index < -0.39 is 0 Å². The van der Waals surface area contributed by atoms with E-state index in [2.05, 4.69) is 41.4 Å². The number of guanidine groups is 1. The molecule has 0 amide bonds. The Hall–Kier alpha value is -2.08. The Balaban J connectivity index is 1.48. The predicted molar refractivity (Wildman–Crippen MR) is 113 cm³/mol. The van der Waals surface area contributed by atoms with Crippen molar-refractivity contribution in [3.8, 4) is 5.75 Å². The van der Waals surface area contributed by atoms with Crippen molar-refractivity contribution in [2.24, 2.45) is 4.99 Å². The van der Waals surface area contributed by atoms with Gasteiger partial charge in [-0.05, 0) is 12.1 Å². The quantitative estimate of drug-likeness (QED) is 0.636. The molecule has 2 aromatic rings. The van der Waals surface area contributed by atoms with Crippen LogP contribution in [-0.4, -0.2) is 42.1 Å². The highest BCUT2D eigenvalue weighted by atomic mass is 32.1. The van der Waals surface area contributed by atoms with Gasteiger partial charge in [0.05, 0.1) is 17.2 Å². The Morgan fingerprint density at radius 1 is 1.26 bits per heavy atom. The molecule has 1 aromatic carbocycles. The number of piperidine rings is 1. The van der Waals surface area contributed by atoms with Crippen LogP contribution in [0.5, 0.6) is 5.75 Å². The number of aromatic nitrogens is 1. The second kappa shape index (κ2) is 8.74. The molecule has 0 bridgehead atoms. The SMILES string of the molecule is CN=C(NCc1csc(C(C)(C)C)n1)N1CCC(Oc2ccccc2)CC1. The van der Waals surface area contributed by atoms with Crippen molar-refractivity contribution in [1.29, 1.82) is 0 Å². The highest BCUT2D eigenvalue weighted by molar-refractivity contribution is 7.09. The van der Waals surface area contributed by atoms with E-state index >= 15 is 0 Å². The summed E-state index contributed by atoms with van der Waals surface area (Å²) in [5, 5.41) is 6.78. The smallest absolute Gasteiger partial charge is 0.193 e. The minimum Gasteiger partial charge on any atom is -0.490 e. The van der Waals surface area contributed by atoms with E-state index in [9.17, 15) is 0 Å². The summed E-state index contributed by atoms with van der Waals surface area (Å²) in [6, 6.07) is 10.1. The number of likely N-dealkylation sites (tertiary alicyclic amines) is 1. The Morgan fingerprint density at radius 3 is 2.56 bits per heavy atom. The lowest BCUT2D eigenvalue weighted by Gasteiger charge is -2.34. The summed E-state index contributed by atoms with van der Waals surface area (Å²) in [6.45, 7) is 9.19. The van der Waals surface area contributed by atoms with Gasteiger partial charge in [-0.25, -0.2) is 4.98 Å². The lowest BCUT2D eigenvalue weighted by molar-refractivity contribution is 0.129. The van der Waals surface area contributed by atoms with Crippen LogP contribution in [-0.2, 0) is 12.0 Å². The first-order valence-corrected chi connectivity index (χ1v) is 10.5. The normalized spacial score (nSPS) is 16.4. The highest BCUT2D eigenvalue weighted by Crippen LogP contribution is 2.25. The molecule has 1 N–H and O–H groups in total. The van der Waals surface area contributed by atoms with Gasteiger partial charge in [-0.2, -0.15) is 0 Å². The fraction of sp³-hybridized carbons (Fsp3) is 0.524. The third-order valence-electron chi connectivity index (χ3n) is 4.62. The lowest BCUT2D eigenvalue weighted by atomic mass is 9.98. The van der Waals surface area contributed by atoms with Crippen molar-refractivity contribution in [3.63, 3.8) is 0 Å². The highest BCUT2D eigenvalue weighted by Gasteiger charge is 2.23. The van der Waals surface area contributed by atoms with E-state index in [1.807, 2.05) is 37.4 Å². The molecule has 0 aliphatic carbocycles. The number of nitrogens with one attached hydrogen (secondary N) is 1. The first kappa shape index (κ1) is 19.7. The number of aliphatic imine (C=N–C) groups is 1. The number of benzene rings is 1. The van der Waals surface area contributed by atoms with Crippen molar-refractivity contribution in [1.82, 2.24) is 15.2 Å². The fourth-order valence-electron chi connectivity index (χ4n) is 3.11. The van der Waals surface area contributed by atoms with E-state index in [0.29, 0.717) is 6.54 Å². The second-order valence-corrected chi connectivity index (χ2v) is 8.77. The standard InChI is InChI=1S/C21H30N4OS/c1-21(2,3)19-24-16(15-27-19)14-23-20(22-4)25-12-10-18(11-13-25)26-17-8-6-5-7-9-17/h5-9,15,18H,10-14H2,1-4H3,(H,22,23). The van der Waals surface area contributed by atoms with Crippen molar-refractivity contribution < 1.29 is 4.74 Å². The second-order valence-electron chi connectivity index (χ2n) is 7.91. The Labute approximate surface area is 166 Å². The molecule has 0 spiro atoms. The molecule has 5 nitrogen and oxygen atoms in total. The van der Waals surface area contributed by atoms with Crippen LogP contribution in [0.1, 0.15) is 44.3 Å². The van der Waals surface area contributed by atoms with Gasteiger partial charge in [0.1, 0.15) is 11.9 Å². The molecule has 0 atom stereocenters. The number of ether oxygens (including phenoxy) is 1. The Kier molecular flexibility index (Phi) is 6.37. The van der Waals surface area contributed by atoms with Gasteiger partial charge in [0.25, 0.3) is 0 Å². The molecule has 0 unspecified atom stereocenters. The number of thiazole rings is 1. The first-order chi connectivity index (χ1) is 13.0. The summed E-state index contributed by atoms with van der Waals surface area (Å²) in [4.78, 5) is 11.5. The molecule has 6 heteroatoms. The van der Waals surface area contributed by atoms with E-state index in [-0.39, 0.29) is 11.5 Å². The van der Waals surface area contributed by atoms with E-state index in [4.69, 9.17) is 9.72 Å². The van der Waals surface area contributed by atoms with E-state index in [1.165, 1.54) is 5.01 Å². The summed E-state index contributed by atoms with van der Waals surface area (Å²) in [6.07, 6.45) is 2.27. The van der Waals surface area contributed by atoms with E-state index in [1.54, 1.807) is 11.3 Å². The van der Waals surface area contributed by atoms with Crippen LogP contribution in [0.2, 0.25) is 0 Å². The molecule has 1 saturated heterocycles. The number of hydrogen-bond acceptors (Lipinski definition) is 4. The van der Waals surface area contributed by atoms with Gasteiger partial charge in [0, 0.05) is 43.8 Å². The molecule has 1 aromatic heterocycles. The summed E-state index contributed by atoms with van der Waals surface area (Å²) in [7, 11) is 1.84. The zero-order valence-corrected chi connectivity index (χ0v) is 17.6. The molecule has 146 valence electrons. The van der Waals surface area contributed by atoms with Gasteiger partial charge in [-0.1, -0.05) is 39.0 Å². The molecular formula is C21H30N4OS. The third kappa shape index (κ3) is 5.45. The molecule has 1 fully saturated rings. The summed E-state index contributed by atoms with van der Waals surface area (Å²) in [5.74, 6) is 1.90. The molecule has 27 heavy (non-hydrogen) atoms. The average Bonchev–Trinajstić information content (AvgIpc) is 3.14. The first-order valence-electron chi connectivity index (χ1n) is 9.58. The minimum absolute atomic E-state index is 0.102. The molecule has 3 rings (SSSR count). The van der Waals surface area contributed by atoms with E-state index in [0.717, 1.165) is 43.3 Å². The maximum atomic E-state index is 6.09. The molecule has 0 radical (unpaired) electrons. The third-order valence-corrected chi connectivity index (χ3v) is 5.94. The van der Waals surface area contributed by atoms with Crippen LogP contribution >= 0.6 is 11.3 Å². The number of rotatable bonds is 4. The Morgan fingerprint density at radius 2 is 1.96 bits per heavy atom. The Bertz CT molecular complexity index is 743. The fourth-order valence-corrected chi connectivity index (χ4v) is 4.02. The summed E-state index contributed by atoms with van der Waals surface area (Å²) < 4.78 is 6.09. The van der Waals surface area contributed by atoms with Gasteiger partial charge < -0.3 is 15.0 Å². The summed E-state index contributed by atoms with van der Waals surface area (Å²) in [5.41, 5.74) is 1.18. The lowest BCUT2D eigenvalue weighted by Crippen LogP contribution is -2.47. The zero-order valence-electron chi connectivity index (χ0n) is 16.7. The maximum Gasteiger partial charge on any atom is 0.193 e. The minimum atomic E-state index is 0.102. The molecule has 0 saturated carbocycles. The van der Waals surface area contributed by atoms with Crippen LogP contribution in [0.25, 0.3) is 0 Å². The van der Waals surface area contributed by atoms with Gasteiger partial charge in [-0.3, -0.25) is 4.99 Å². The molecular weight excluding hydrogens is 356 g/mol.